The molecular weight excluding hydrogens is 236 g/mol. The van der Waals surface area contributed by atoms with Crippen molar-refractivity contribution in [2.45, 2.75) is 40.2 Å². The molecule has 0 aliphatic heterocycles. The summed E-state index contributed by atoms with van der Waals surface area (Å²) in [5.41, 5.74) is 0.970. The maximum Gasteiger partial charge on any atom is 0.222 e. The maximum atomic E-state index is 11.6. The number of ether oxygens (including phenoxy) is 1. The first-order chi connectivity index (χ1) is 8.04. The van der Waals surface area contributed by atoms with E-state index in [1.807, 2.05) is 27.7 Å². The van der Waals surface area contributed by atoms with Gasteiger partial charge in [0.2, 0.25) is 5.91 Å². The summed E-state index contributed by atoms with van der Waals surface area (Å²) in [4.78, 5) is 17.2. The highest BCUT2D eigenvalue weighted by atomic mass is 32.1. The predicted octanol–water partition coefficient (Wildman–Crippen LogP) is 2.36. The van der Waals surface area contributed by atoms with Crippen LogP contribution in [0.3, 0.4) is 0 Å². The zero-order valence-electron chi connectivity index (χ0n) is 10.9. The van der Waals surface area contributed by atoms with Crippen molar-refractivity contribution in [2.24, 2.45) is 0 Å². The standard InChI is InChI=1S/C12H20N2O2S/c1-5-16-7-6-11(15)13-8(2)12-9(3)17-10(4)14-12/h8H,5-7H2,1-4H3,(H,13,15)/t8-/m0/s1. The molecule has 0 aliphatic rings. The topological polar surface area (TPSA) is 51.2 Å². The molecule has 1 amide bonds. The fourth-order valence-corrected chi connectivity index (χ4v) is 2.55. The molecule has 1 aromatic heterocycles. The summed E-state index contributed by atoms with van der Waals surface area (Å²) in [5, 5.41) is 3.97. The second-order valence-corrected chi connectivity index (χ2v) is 5.32. The van der Waals surface area contributed by atoms with Gasteiger partial charge in [0.15, 0.2) is 0 Å². The minimum atomic E-state index is -0.0333. The van der Waals surface area contributed by atoms with E-state index in [1.54, 1.807) is 11.3 Å². The number of rotatable bonds is 6. The number of aromatic nitrogens is 1. The van der Waals surface area contributed by atoms with Gasteiger partial charge in [0.1, 0.15) is 0 Å². The van der Waals surface area contributed by atoms with Crippen LogP contribution < -0.4 is 5.32 Å². The normalized spacial score (nSPS) is 12.5. The molecule has 96 valence electrons. The Balaban J connectivity index is 2.46. The Morgan fingerprint density at radius 1 is 1.53 bits per heavy atom. The highest BCUT2D eigenvalue weighted by molar-refractivity contribution is 7.11. The molecule has 0 saturated heterocycles. The lowest BCUT2D eigenvalue weighted by atomic mass is 10.2. The molecule has 17 heavy (non-hydrogen) atoms. The third-order valence-electron chi connectivity index (χ3n) is 2.40. The fraction of sp³-hybridized carbons (Fsp3) is 0.667. The van der Waals surface area contributed by atoms with E-state index < -0.39 is 0 Å². The van der Waals surface area contributed by atoms with Gasteiger partial charge in [-0.15, -0.1) is 11.3 Å². The lowest BCUT2D eigenvalue weighted by molar-refractivity contribution is -0.122. The number of nitrogens with one attached hydrogen (secondary N) is 1. The van der Waals surface area contributed by atoms with Gasteiger partial charge in [-0.3, -0.25) is 4.79 Å². The van der Waals surface area contributed by atoms with E-state index in [2.05, 4.69) is 10.3 Å². The number of nitrogens with zero attached hydrogens (tertiary/aromatic N) is 1. The van der Waals surface area contributed by atoms with Gasteiger partial charge >= 0.3 is 0 Å². The molecule has 0 unspecified atom stereocenters. The summed E-state index contributed by atoms with van der Waals surface area (Å²) in [7, 11) is 0. The maximum absolute atomic E-state index is 11.6. The largest absolute Gasteiger partial charge is 0.381 e. The summed E-state index contributed by atoms with van der Waals surface area (Å²) >= 11 is 1.66. The molecule has 0 fully saturated rings. The van der Waals surface area contributed by atoms with Crippen LogP contribution in [0.5, 0.6) is 0 Å². The van der Waals surface area contributed by atoms with Crippen LogP contribution in [-0.4, -0.2) is 24.1 Å². The second-order valence-electron chi connectivity index (χ2n) is 3.91. The van der Waals surface area contributed by atoms with Crippen molar-refractivity contribution in [1.82, 2.24) is 10.3 Å². The SMILES string of the molecule is CCOCCC(=O)N[C@@H](C)c1nc(C)sc1C. The highest BCUT2D eigenvalue weighted by Crippen LogP contribution is 2.22. The summed E-state index contributed by atoms with van der Waals surface area (Å²) in [6.07, 6.45) is 0.403. The van der Waals surface area contributed by atoms with Crippen LogP contribution in [0, 0.1) is 13.8 Å². The van der Waals surface area contributed by atoms with Crippen molar-refractivity contribution in [3.05, 3.63) is 15.6 Å². The predicted molar refractivity (Wildman–Crippen MR) is 69.3 cm³/mol. The molecule has 0 spiro atoms. The smallest absolute Gasteiger partial charge is 0.222 e. The Morgan fingerprint density at radius 2 is 2.24 bits per heavy atom. The van der Waals surface area contributed by atoms with Crippen LogP contribution in [0.4, 0.5) is 0 Å². The number of amides is 1. The van der Waals surface area contributed by atoms with Crippen LogP contribution in [-0.2, 0) is 9.53 Å². The van der Waals surface area contributed by atoms with Crippen molar-refractivity contribution < 1.29 is 9.53 Å². The molecule has 1 N–H and O–H groups in total. The van der Waals surface area contributed by atoms with Gasteiger partial charge in [-0.1, -0.05) is 0 Å². The second kappa shape index (κ2) is 6.71. The Morgan fingerprint density at radius 3 is 2.76 bits per heavy atom. The lowest BCUT2D eigenvalue weighted by Gasteiger charge is -2.12. The first kappa shape index (κ1) is 14.1. The lowest BCUT2D eigenvalue weighted by Crippen LogP contribution is -2.28. The molecule has 1 atom stereocenters. The van der Waals surface area contributed by atoms with Gasteiger partial charge in [0, 0.05) is 17.9 Å². The summed E-state index contributed by atoms with van der Waals surface area (Å²) < 4.78 is 5.14. The quantitative estimate of drug-likeness (QED) is 0.795. The average Bonchev–Trinajstić information content (AvgIpc) is 2.58. The van der Waals surface area contributed by atoms with E-state index in [4.69, 9.17) is 4.74 Å². The van der Waals surface area contributed by atoms with E-state index in [9.17, 15) is 4.79 Å². The number of carbonyl (C=O) groups excluding carboxylic acids is 1. The monoisotopic (exact) mass is 256 g/mol. The minimum absolute atomic E-state index is 0.0102. The Kier molecular flexibility index (Phi) is 5.58. The third-order valence-corrected chi connectivity index (χ3v) is 3.31. The minimum Gasteiger partial charge on any atom is -0.381 e. The van der Waals surface area contributed by atoms with Crippen LogP contribution in [0.1, 0.15) is 41.9 Å². The van der Waals surface area contributed by atoms with Gasteiger partial charge < -0.3 is 10.1 Å². The van der Waals surface area contributed by atoms with Crippen LogP contribution >= 0.6 is 11.3 Å². The zero-order chi connectivity index (χ0) is 12.8. The molecular formula is C12H20N2O2S. The van der Waals surface area contributed by atoms with E-state index in [-0.39, 0.29) is 11.9 Å². The average molecular weight is 256 g/mol. The first-order valence-corrected chi connectivity index (χ1v) is 6.67. The molecule has 0 saturated carbocycles. The molecule has 0 aliphatic carbocycles. The van der Waals surface area contributed by atoms with Gasteiger partial charge in [-0.2, -0.15) is 0 Å². The Hall–Kier alpha value is -0.940. The van der Waals surface area contributed by atoms with Crippen molar-refractivity contribution in [2.75, 3.05) is 13.2 Å². The van der Waals surface area contributed by atoms with Crippen molar-refractivity contribution in [1.29, 1.82) is 0 Å². The van der Waals surface area contributed by atoms with Crippen molar-refractivity contribution >= 4 is 17.2 Å². The number of hydrogen-bond donors (Lipinski definition) is 1. The zero-order valence-corrected chi connectivity index (χ0v) is 11.7. The van der Waals surface area contributed by atoms with E-state index in [0.29, 0.717) is 19.6 Å². The summed E-state index contributed by atoms with van der Waals surface area (Å²) in [6.45, 7) is 9.01. The number of carbonyl (C=O) groups is 1. The molecule has 0 bridgehead atoms. The Bertz CT molecular complexity index is 377. The number of thiazole rings is 1. The first-order valence-electron chi connectivity index (χ1n) is 5.85. The van der Waals surface area contributed by atoms with Gasteiger partial charge in [0.05, 0.1) is 23.4 Å². The number of hydrogen-bond acceptors (Lipinski definition) is 4. The van der Waals surface area contributed by atoms with Crippen molar-refractivity contribution in [3.63, 3.8) is 0 Å². The molecule has 1 rings (SSSR count). The molecule has 4 nitrogen and oxygen atoms in total. The fourth-order valence-electron chi connectivity index (χ4n) is 1.64. The molecule has 1 heterocycles. The Labute approximate surface area is 106 Å². The van der Waals surface area contributed by atoms with Crippen LogP contribution in [0.2, 0.25) is 0 Å². The van der Waals surface area contributed by atoms with E-state index in [0.717, 1.165) is 10.7 Å². The van der Waals surface area contributed by atoms with Crippen LogP contribution in [0.15, 0.2) is 0 Å². The van der Waals surface area contributed by atoms with Gasteiger partial charge in [-0.25, -0.2) is 4.98 Å². The third kappa shape index (κ3) is 4.44. The molecule has 5 heteroatoms. The summed E-state index contributed by atoms with van der Waals surface area (Å²) in [6, 6.07) is -0.0333. The summed E-state index contributed by atoms with van der Waals surface area (Å²) in [5.74, 6) is 0.0102. The molecule has 0 aromatic carbocycles. The van der Waals surface area contributed by atoms with E-state index >= 15 is 0 Å². The molecule has 1 aromatic rings. The van der Waals surface area contributed by atoms with Crippen LogP contribution in [0.25, 0.3) is 0 Å². The van der Waals surface area contributed by atoms with Gasteiger partial charge in [0.25, 0.3) is 0 Å². The highest BCUT2D eigenvalue weighted by Gasteiger charge is 2.15. The van der Waals surface area contributed by atoms with Gasteiger partial charge in [-0.05, 0) is 27.7 Å². The van der Waals surface area contributed by atoms with Crippen molar-refractivity contribution in [3.8, 4) is 0 Å². The molecule has 0 radical (unpaired) electrons. The number of aryl methyl sites for hydroxylation is 2. The van der Waals surface area contributed by atoms with E-state index in [1.165, 1.54) is 4.88 Å².